The minimum Gasteiger partial charge on any atom is -0.267 e. The summed E-state index contributed by atoms with van der Waals surface area (Å²) in [6.07, 6.45) is -7.91. The van der Waals surface area contributed by atoms with Crippen LogP contribution < -0.4 is 10.9 Å². The Morgan fingerprint density at radius 3 is 2.03 bits per heavy atom. The SMILES string of the molecule is O=C(NNc1ncc(Cl)cn1)c1ccc(C(F)=CC(c2cc(Cl)c(Cl)c(Cl)c2)C(F)(F)F)cc1C(F)(F)F. The smallest absolute Gasteiger partial charge is 0.267 e. The first-order chi connectivity index (χ1) is 17.6. The van der Waals surface area contributed by atoms with Crippen molar-refractivity contribution >= 4 is 64.1 Å². The van der Waals surface area contributed by atoms with E-state index < -0.39 is 52.3 Å². The molecule has 0 aliphatic rings. The highest BCUT2D eigenvalue weighted by Gasteiger charge is 2.41. The molecule has 1 atom stereocenters. The molecule has 0 aliphatic carbocycles. The summed E-state index contributed by atoms with van der Waals surface area (Å²) in [5.74, 6) is -5.82. The Bertz CT molecular complexity index is 1360. The van der Waals surface area contributed by atoms with Gasteiger partial charge in [-0.2, -0.15) is 26.3 Å². The summed E-state index contributed by atoms with van der Waals surface area (Å²) in [5.41, 5.74) is 0.0574. The van der Waals surface area contributed by atoms with Gasteiger partial charge in [-0.15, -0.1) is 0 Å². The summed E-state index contributed by atoms with van der Waals surface area (Å²) in [5, 5.41) is -0.765. The number of carbonyl (C=O) groups excluding carboxylic acids is 1. The summed E-state index contributed by atoms with van der Waals surface area (Å²) < 4.78 is 97.3. The maximum absolute atomic E-state index is 14.9. The van der Waals surface area contributed by atoms with Crippen molar-refractivity contribution in [1.82, 2.24) is 15.4 Å². The number of benzene rings is 2. The number of halogens is 11. The van der Waals surface area contributed by atoms with Crippen molar-refractivity contribution in [2.45, 2.75) is 18.3 Å². The number of aromatic nitrogens is 2. The van der Waals surface area contributed by atoms with Gasteiger partial charge in [-0.3, -0.25) is 15.6 Å². The van der Waals surface area contributed by atoms with E-state index in [2.05, 4.69) is 15.4 Å². The van der Waals surface area contributed by atoms with E-state index in [0.717, 1.165) is 24.5 Å². The number of hydrogen-bond donors (Lipinski definition) is 2. The van der Waals surface area contributed by atoms with Crippen molar-refractivity contribution in [3.05, 3.63) is 91.1 Å². The molecule has 0 spiro atoms. The molecular weight excluding hydrogens is 611 g/mol. The van der Waals surface area contributed by atoms with Crippen LogP contribution in [0.15, 0.2) is 48.8 Å². The molecule has 0 radical (unpaired) electrons. The second-order valence-corrected chi connectivity index (χ2v) is 9.02. The normalized spacial score (nSPS) is 13.3. The molecule has 0 fully saturated rings. The molecule has 1 aromatic heterocycles. The number of carbonyl (C=O) groups is 1. The molecule has 0 aliphatic heterocycles. The zero-order valence-corrected chi connectivity index (χ0v) is 21.2. The van der Waals surface area contributed by atoms with Gasteiger partial charge in [0.15, 0.2) is 0 Å². The summed E-state index contributed by atoms with van der Waals surface area (Å²) in [6.45, 7) is 0. The summed E-state index contributed by atoms with van der Waals surface area (Å²) >= 11 is 22.9. The number of anilines is 1. The van der Waals surface area contributed by atoms with E-state index in [1.807, 2.05) is 5.43 Å². The number of hydrogen-bond acceptors (Lipinski definition) is 4. The van der Waals surface area contributed by atoms with E-state index in [1.54, 1.807) is 0 Å². The average molecular weight is 622 g/mol. The fraction of sp³-hybridized carbons (Fsp3) is 0.136. The molecular formula is C22H11Cl4F7N4O. The Labute approximate surface area is 229 Å². The standard InChI is InChI=1S/C22H11Cl4F7N4O/c23-11-7-34-20(35-8-11)37-36-19(38)12-2-1-9(3-14(12)22(31,32)33)17(27)6-13(21(28,29)30)10-4-15(24)18(26)16(25)5-10/h1-8,13H,(H,36,38)(H,34,35,37). The molecule has 202 valence electrons. The zero-order valence-electron chi connectivity index (χ0n) is 18.2. The second kappa shape index (κ2) is 11.5. The van der Waals surface area contributed by atoms with Gasteiger partial charge in [0.25, 0.3) is 5.91 Å². The highest BCUT2D eigenvalue weighted by atomic mass is 35.5. The zero-order chi connectivity index (χ0) is 28.4. The van der Waals surface area contributed by atoms with Gasteiger partial charge in [0.2, 0.25) is 5.95 Å². The monoisotopic (exact) mass is 620 g/mol. The summed E-state index contributed by atoms with van der Waals surface area (Å²) in [6, 6.07) is 3.14. The van der Waals surface area contributed by atoms with E-state index in [0.29, 0.717) is 12.1 Å². The fourth-order valence-electron chi connectivity index (χ4n) is 3.06. The Hall–Kier alpha value is -2.80. The van der Waals surface area contributed by atoms with Gasteiger partial charge in [0, 0.05) is 5.56 Å². The van der Waals surface area contributed by atoms with Gasteiger partial charge in [0.05, 0.1) is 43.6 Å². The van der Waals surface area contributed by atoms with Crippen LogP contribution in [0, 0.1) is 0 Å². The van der Waals surface area contributed by atoms with E-state index in [4.69, 9.17) is 46.4 Å². The maximum atomic E-state index is 14.9. The molecule has 1 heterocycles. The van der Waals surface area contributed by atoms with Crippen LogP contribution in [-0.4, -0.2) is 22.1 Å². The van der Waals surface area contributed by atoms with Crippen LogP contribution in [0.1, 0.15) is 33.0 Å². The van der Waals surface area contributed by atoms with Crippen molar-refractivity contribution in [1.29, 1.82) is 0 Å². The van der Waals surface area contributed by atoms with Gasteiger partial charge in [0.1, 0.15) is 11.7 Å². The highest BCUT2D eigenvalue weighted by molar-refractivity contribution is 6.48. The Balaban J connectivity index is 1.97. The van der Waals surface area contributed by atoms with Crippen LogP contribution in [0.5, 0.6) is 0 Å². The van der Waals surface area contributed by atoms with Crippen LogP contribution in [0.2, 0.25) is 20.1 Å². The number of nitrogens with one attached hydrogen (secondary N) is 2. The van der Waals surface area contributed by atoms with Crippen LogP contribution in [0.3, 0.4) is 0 Å². The van der Waals surface area contributed by atoms with Crippen molar-refractivity contribution < 1.29 is 35.5 Å². The first kappa shape index (κ1) is 29.8. The van der Waals surface area contributed by atoms with Crippen molar-refractivity contribution in [2.24, 2.45) is 0 Å². The lowest BCUT2D eigenvalue weighted by atomic mass is 9.95. The first-order valence-corrected chi connectivity index (χ1v) is 11.4. The third kappa shape index (κ3) is 7.19. The Kier molecular flexibility index (Phi) is 9.02. The van der Waals surface area contributed by atoms with Crippen molar-refractivity contribution in [3.8, 4) is 0 Å². The van der Waals surface area contributed by atoms with Crippen LogP contribution in [-0.2, 0) is 6.18 Å². The molecule has 5 nitrogen and oxygen atoms in total. The fourth-order valence-corrected chi connectivity index (χ4v) is 3.77. The predicted molar refractivity (Wildman–Crippen MR) is 129 cm³/mol. The lowest BCUT2D eigenvalue weighted by Crippen LogP contribution is -2.32. The van der Waals surface area contributed by atoms with Gasteiger partial charge in [-0.25, -0.2) is 14.4 Å². The molecule has 1 unspecified atom stereocenters. The highest BCUT2D eigenvalue weighted by Crippen LogP contribution is 2.42. The minimum absolute atomic E-state index is 0.0601. The lowest BCUT2D eigenvalue weighted by Gasteiger charge is -2.19. The third-order valence-electron chi connectivity index (χ3n) is 4.78. The first-order valence-electron chi connectivity index (χ1n) is 9.92. The third-order valence-corrected chi connectivity index (χ3v) is 6.18. The maximum Gasteiger partial charge on any atom is 0.417 e. The van der Waals surface area contributed by atoms with Gasteiger partial charge in [-0.05, 0) is 35.9 Å². The molecule has 0 saturated heterocycles. The molecule has 0 bridgehead atoms. The molecule has 2 N–H and O–H groups in total. The molecule has 38 heavy (non-hydrogen) atoms. The number of hydrazine groups is 1. The van der Waals surface area contributed by atoms with Crippen LogP contribution in [0.25, 0.3) is 5.83 Å². The van der Waals surface area contributed by atoms with Crippen LogP contribution in [0.4, 0.5) is 36.7 Å². The quantitative estimate of drug-likeness (QED) is 0.164. The van der Waals surface area contributed by atoms with E-state index in [-0.39, 0.29) is 38.2 Å². The number of allylic oxidation sites excluding steroid dienone is 1. The summed E-state index contributed by atoms with van der Waals surface area (Å²) in [4.78, 5) is 19.7. The van der Waals surface area contributed by atoms with Crippen LogP contribution >= 0.6 is 46.4 Å². The van der Waals surface area contributed by atoms with Crippen molar-refractivity contribution in [3.63, 3.8) is 0 Å². The Morgan fingerprint density at radius 2 is 1.50 bits per heavy atom. The largest absolute Gasteiger partial charge is 0.417 e. The molecule has 16 heteroatoms. The van der Waals surface area contributed by atoms with E-state index in [9.17, 15) is 35.5 Å². The lowest BCUT2D eigenvalue weighted by molar-refractivity contribution is -0.140. The number of amides is 1. The molecule has 2 aromatic carbocycles. The van der Waals surface area contributed by atoms with Gasteiger partial charge in [-0.1, -0.05) is 52.5 Å². The van der Waals surface area contributed by atoms with Gasteiger partial charge >= 0.3 is 12.4 Å². The average Bonchev–Trinajstić information content (AvgIpc) is 2.83. The molecule has 3 rings (SSSR count). The number of nitrogens with zero attached hydrogens (tertiary/aromatic N) is 2. The number of rotatable bonds is 6. The molecule has 1 amide bonds. The molecule has 0 saturated carbocycles. The topological polar surface area (TPSA) is 66.9 Å². The second-order valence-electron chi connectivity index (χ2n) is 7.39. The Morgan fingerprint density at radius 1 is 0.921 bits per heavy atom. The number of alkyl halides is 6. The molecule has 3 aromatic rings. The van der Waals surface area contributed by atoms with E-state index >= 15 is 0 Å². The summed E-state index contributed by atoms with van der Waals surface area (Å²) in [7, 11) is 0. The minimum atomic E-state index is -5.18. The predicted octanol–water partition coefficient (Wildman–Crippen LogP) is 8.52. The van der Waals surface area contributed by atoms with Crippen molar-refractivity contribution in [2.75, 3.05) is 5.43 Å². The van der Waals surface area contributed by atoms with Gasteiger partial charge < -0.3 is 0 Å². The van der Waals surface area contributed by atoms with E-state index in [1.165, 1.54) is 0 Å².